The van der Waals surface area contributed by atoms with Crippen molar-refractivity contribution in [1.82, 2.24) is 9.80 Å². The molecule has 0 aromatic heterocycles. The minimum Gasteiger partial charge on any atom is -0.496 e. The van der Waals surface area contributed by atoms with E-state index in [1.165, 1.54) is 4.90 Å². The molecule has 33 heavy (non-hydrogen) atoms. The molecular formula is C27H27N3O3. The topological polar surface area (TPSA) is 53.1 Å². The van der Waals surface area contributed by atoms with Crippen LogP contribution in [-0.4, -0.2) is 61.4 Å². The van der Waals surface area contributed by atoms with Crippen LogP contribution in [0.15, 0.2) is 72.4 Å². The SMILES string of the molecule is CCN1CCN(C2=C(c3ccccc3OC)C(=O)N(c3cccc4ccccc34)C2=O)CC1. The third kappa shape index (κ3) is 3.56. The van der Waals surface area contributed by atoms with Crippen molar-refractivity contribution in [2.75, 3.05) is 44.7 Å². The summed E-state index contributed by atoms with van der Waals surface area (Å²) in [5.41, 5.74) is 2.13. The second kappa shape index (κ2) is 8.71. The number of likely N-dealkylation sites (N-methyl/N-ethyl adjacent to an activating group) is 1. The summed E-state index contributed by atoms with van der Waals surface area (Å²) in [5.74, 6) is -0.00547. The number of anilines is 1. The Bertz CT molecular complexity index is 1250. The van der Waals surface area contributed by atoms with E-state index in [0.717, 1.165) is 30.4 Å². The average Bonchev–Trinajstić information content (AvgIpc) is 3.13. The molecule has 0 bridgehead atoms. The number of fused-ring (bicyclic) bond motifs is 1. The predicted molar refractivity (Wildman–Crippen MR) is 130 cm³/mol. The third-order valence-electron chi connectivity index (χ3n) is 6.58. The van der Waals surface area contributed by atoms with Crippen molar-refractivity contribution in [3.8, 4) is 5.75 Å². The standard InChI is InChI=1S/C27H27N3O3/c1-3-28-15-17-29(18-16-28)25-24(21-12-6-7-14-23(21)33-2)26(31)30(27(25)32)22-13-8-10-19-9-4-5-11-20(19)22/h4-14H,3,15-18H2,1-2H3. The number of para-hydroxylation sites is 1. The third-order valence-corrected chi connectivity index (χ3v) is 6.58. The number of piperazine rings is 1. The Labute approximate surface area is 193 Å². The summed E-state index contributed by atoms with van der Waals surface area (Å²) in [6, 6.07) is 21.0. The van der Waals surface area contributed by atoms with Crippen molar-refractivity contribution >= 4 is 33.8 Å². The van der Waals surface area contributed by atoms with Gasteiger partial charge in [0.05, 0.1) is 18.4 Å². The summed E-state index contributed by atoms with van der Waals surface area (Å²) >= 11 is 0. The van der Waals surface area contributed by atoms with Gasteiger partial charge in [-0.25, -0.2) is 4.90 Å². The zero-order chi connectivity index (χ0) is 22.9. The van der Waals surface area contributed by atoms with Crippen LogP contribution >= 0.6 is 0 Å². The number of hydrogen-bond acceptors (Lipinski definition) is 5. The van der Waals surface area contributed by atoms with Gasteiger partial charge in [0, 0.05) is 37.1 Å². The number of imide groups is 1. The molecule has 0 saturated carbocycles. The lowest BCUT2D eigenvalue weighted by Gasteiger charge is -2.36. The first-order chi connectivity index (χ1) is 16.1. The number of ether oxygens (including phenoxy) is 1. The second-order valence-electron chi connectivity index (χ2n) is 8.29. The van der Waals surface area contributed by atoms with Gasteiger partial charge in [0.15, 0.2) is 0 Å². The van der Waals surface area contributed by atoms with Crippen molar-refractivity contribution in [1.29, 1.82) is 0 Å². The fourth-order valence-electron chi connectivity index (χ4n) is 4.82. The number of nitrogens with zero attached hydrogens (tertiary/aromatic N) is 3. The number of carbonyl (C=O) groups is 2. The van der Waals surface area contributed by atoms with Crippen LogP contribution < -0.4 is 9.64 Å². The van der Waals surface area contributed by atoms with Crippen molar-refractivity contribution in [2.24, 2.45) is 0 Å². The Balaban J connectivity index is 1.66. The molecular weight excluding hydrogens is 414 g/mol. The quantitative estimate of drug-likeness (QED) is 0.564. The van der Waals surface area contributed by atoms with E-state index in [2.05, 4.69) is 16.7 Å². The maximum Gasteiger partial charge on any atom is 0.282 e. The van der Waals surface area contributed by atoms with Gasteiger partial charge in [-0.2, -0.15) is 0 Å². The van der Waals surface area contributed by atoms with Crippen LogP contribution in [0.3, 0.4) is 0 Å². The van der Waals surface area contributed by atoms with Gasteiger partial charge in [0.25, 0.3) is 11.8 Å². The van der Waals surface area contributed by atoms with Gasteiger partial charge in [-0.3, -0.25) is 9.59 Å². The first kappa shape index (κ1) is 21.2. The van der Waals surface area contributed by atoms with Gasteiger partial charge in [0.1, 0.15) is 11.4 Å². The highest BCUT2D eigenvalue weighted by Crippen LogP contribution is 2.40. The molecule has 0 spiro atoms. The molecule has 2 heterocycles. The summed E-state index contributed by atoms with van der Waals surface area (Å²) in [6.07, 6.45) is 0. The van der Waals surface area contributed by atoms with E-state index >= 15 is 0 Å². The minimum atomic E-state index is -0.311. The fraction of sp³-hybridized carbons (Fsp3) is 0.259. The number of rotatable bonds is 5. The van der Waals surface area contributed by atoms with E-state index in [1.807, 2.05) is 66.7 Å². The first-order valence-electron chi connectivity index (χ1n) is 11.4. The number of hydrogen-bond donors (Lipinski definition) is 0. The zero-order valence-corrected chi connectivity index (χ0v) is 19.0. The van der Waals surface area contributed by atoms with Gasteiger partial charge in [-0.1, -0.05) is 61.5 Å². The monoisotopic (exact) mass is 441 g/mol. The molecule has 0 N–H and O–H groups in total. The number of benzene rings is 3. The molecule has 0 aliphatic carbocycles. The maximum atomic E-state index is 14.0. The van der Waals surface area contributed by atoms with Gasteiger partial charge in [-0.05, 0) is 24.1 Å². The van der Waals surface area contributed by atoms with Crippen LogP contribution in [0.25, 0.3) is 16.3 Å². The van der Waals surface area contributed by atoms with E-state index < -0.39 is 0 Å². The maximum absolute atomic E-state index is 14.0. The van der Waals surface area contributed by atoms with Gasteiger partial charge >= 0.3 is 0 Å². The molecule has 3 aromatic rings. The van der Waals surface area contributed by atoms with Crippen LogP contribution in [0.1, 0.15) is 12.5 Å². The van der Waals surface area contributed by atoms with Crippen molar-refractivity contribution in [3.63, 3.8) is 0 Å². The fourth-order valence-corrected chi connectivity index (χ4v) is 4.82. The molecule has 1 fully saturated rings. The van der Waals surface area contributed by atoms with E-state index in [4.69, 9.17) is 4.74 Å². The van der Waals surface area contributed by atoms with E-state index in [-0.39, 0.29) is 11.8 Å². The van der Waals surface area contributed by atoms with E-state index in [1.54, 1.807) is 7.11 Å². The first-order valence-corrected chi connectivity index (χ1v) is 11.4. The summed E-state index contributed by atoms with van der Waals surface area (Å²) in [6.45, 7) is 6.22. The lowest BCUT2D eigenvalue weighted by atomic mass is 10.0. The highest BCUT2D eigenvalue weighted by Gasteiger charge is 2.44. The molecule has 6 heteroatoms. The van der Waals surface area contributed by atoms with E-state index in [0.29, 0.717) is 41.4 Å². The zero-order valence-electron chi connectivity index (χ0n) is 19.0. The lowest BCUT2D eigenvalue weighted by molar-refractivity contribution is -0.120. The predicted octanol–water partition coefficient (Wildman–Crippen LogP) is 3.77. The minimum absolute atomic E-state index is 0.276. The smallest absolute Gasteiger partial charge is 0.282 e. The molecule has 2 aliphatic heterocycles. The van der Waals surface area contributed by atoms with E-state index in [9.17, 15) is 9.59 Å². The molecule has 0 radical (unpaired) electrons. The Morgan fingerprint density at radius 1 is 0.818 bits per heavy atom. The Kier molecular flexibility index (Phi) is 5.60. The number of carbonyl (C=O) groups excluding carboxylic acids is 2. The van der Waals surface area contributed by atoms with Gasteiger partial charge < -0.3 is 14.5 Å². The van der Waals surface area contributed by atoms with Crippen molar-refractivity contribution in [2.45, 2.75) is 6.92 Å². The summed E-state index contributed by atoms with van der Waals surface area (Å²) in [4.78, 5) is 33.7. The molecule has 0 unspecified atom stereocenters. The summed E-state index contributed by atoms with van der Waals surface area (Å²) in [7, 11) is 1.59. The van der Waals surface area contributed by atoms with Crippen LogP contribution in [0.5, 0.6) is 5.75 Å². The van der Waals surface area contributed by atoms with Crippen LogP contribution in [0.4, 0.5) is 5.69 Å². The van der Waals surface area contributed by atoms with Gasteiger partial charge in [0.2, 0.25) is 0 Å². The summed E-state index contributed by atoms with van der Waals surface area (Å²) < 4.78 is 5.58. The molecule has 2 aliphatic rings. The Morgan fingerprint density at radius 3 is 2.27 bits per heavy atom. The normalized spacial score (nSPS) is 17.4. The van der Waals surface area contributed by atoms with Crippen LogP contribution in [0.2, 0.25) is 0 Å². The number of amides is 2. The Hall–Kier alpha value is -3.64. The average molecular weight is 442 g/mol. The highest BCUT2D eigenvalue weighted by atomic mass is 16.5. The summed E-state index contributed by atoms with van der Waals surface area (Å²) in [5, 5.41) is 1.86. The second-order valence-corrected chi connectivity index (χ2v) is 8.29. The molecule has 168 valence electrons. The van der Waals surface area contributed by atoms with Crippen molar-refractivity contribution < 1.29 is 14.3 Å². The molecule has 2 amide bonds. The van der Waals surface area contributed by atoms with Crippen LogP contribution in [0, 0.1) is 0 Å². The molecule has 5 rings (SSSR count). The number of methoxy groups -OCH3 is 1. The Morgan fingerprint density at radius 2 is 1.52 bits per heavy atom. The lowest BCUT2D eigenvalue weighted by Crippen LogP contribution is -2.47. The molecule has 1 saturated heterocycles. The van der Waals surface area contributed by atoms with Crippen LogP contribution in [-0.2, 0) is 9.59 Å². The molecule has 3 aromatic carbocycles. The molecule has 6 nitrogen and oxygen atoms in total. The largest absolute Gasteiger partial charge is 0.496 e. The van der Waals surface area contributed by atoms with Gasteiger partial charge in [-0.15, -0.1) is 0 Å². The highest BCUT2D eigenvalue weighted by molar-refractivity contribution is 6.46. The molecule has 0 atom stereocenters. The van der Waals surface area contributed by atoms with Crippen molar-refractivity contribution in [3.05, 3.63) is 78.0 Å².